The number of carboxylic acid groups (broad SMARTS) is 8. The molecular weight excluding hydrogens is 628 g/mol. The van der Waals surface area contributed by atoms with E-state index in [4.69, 9.17) is 85.9 Å². The number of carbonyl (C=O) groups is 8. The molecule has 0 saturated heterocycles. The molecule has 0 radical (unpaired) electrons. The maximum Gasteiger partial charge on any atom is 0.414 e. The van der Waals surface area contributed by atoms with E-state index in [1.165, 1.54) is 20.8 Å². The number of hydrogen-bond donors (Lipinski definition) is 14. The molecular formula is C23H40O22. The summed E-state index contributed by atoms with van der Waals surface area (Å²) in [5, 5.41) is 111. The van der Waals surface area contributed by atoms with Crippen molar-refractivity contribution in [3.05, 3.63) is 12.7 Å². The van der Waals surface area contributed by atoms with Gasteiger partial charge in [-0.2, -0.15) is 0 Å². The maximum atomic E-state index is 9.83. The van der Waals surface area contributed by atoms with Crippen molar-refractivity contribution in [1.29, 1.82) is 0 Å². The summed E-state index contributed by atoms with van der Waals surface area (Å²) >= 11 is 0. The molecule has 1 aliphatic rings. The van der Waals surface area contributed by atoms with E-state index in [1.54, 1.807) is 6.92 Å². The standard InChI is InChI=1S/C4H6O3.2C4H8O3.C4H6O3.C3H6O3.C2H2O4.C2H4O3/c5-3(6)4(7)1-2-4;1-4(2,7)3(5)6;2*1-2-3(5)4(6)7;1-2(4)3(5)6;3-1(4)2(5)6;3-1-2(4)5/h7H,1-2H2,(H,5,6);7H,1-2H3,(H,5,6);3,5H,2H2,1H3,(H,6,7);2-3,5H,1H2,(H,6,7);2,4H,1H3,(H,5,6);(H,3,4)(H,5,6);3H,1H2,(H,4,5). The molecule has 0 amide bonds. The van der Waals surface area contributed by atoms with Crippen molar-refractivity contribution < 1.29 is 110 Å². The van der Waals surface area contributed by atoms with Gasteiger partial charge in [-0.3, -0.25) is 0 Å². The molecule has 0 bridgehead atoms. The molecule has 3 unspecified atom stereocenters. The SMILES string of the molecule is C=CC(O)C(=O)O.CC(C)(O)C(=O)O.CC(O)C(=O)O.CCC(O)C(=O)O.O=C(O)C(=O)O.O=C(O)C1(O)CC1.O=C(O)CO. The lowest BCUT2D eigenvalue weighted by atomic mass is 10.1. The van der Waals surface area contributed by atoms with E-state index in [2.05, 4.69) is 6.58 Å². The average molecular weight is 669 g/mol. The molecule has 1 saturated carbocycles. The van der Waals surface area contributed by atoms with Gasteiger partial charge in [-0.15, -0.1) is 0 Å². The van der Waals surface area contributed by atoms with Crippen molar-refractivity contribution in [2.24, 2.45) is 0 Å². The van der Waals surface area contributed by atoms with Crippen LogP contribution in [0.25, 0.3) is 0 Å². The highest BCUT2D eigenvalue weighted by Crippen LogP contribution is 2.34. The van der Waals surface area contributed by atoms with Crippen molar-refractivity contribution >= 4 is 47.8 Å². The Morgan fingerprint density at radius 3 is 1.07 bits per heavy atom. The van der Waals surface area contributed by atoms with Gasteiger partial charge in [0.25, 0.3) is 0 Å². The van der Waals surface area contributed by atoms with Crippen LogP contribution < -0.4 is 0 Å². The van der Waals surface area contributed by atoms with Gasteiger partial charge in [-0.05, 0) is 40.0 Å². The topological polar surface area (TPSA) is 420 Å². The minimum atomic E-state index is -1.82. The minimum Gasteiger partial charge on any atom is -0.480 e. The summed E-state index contributed by atoms with van der Waals surface area (Å²) in [7, 11) is 0. The van der Waals surface area contributed by atoms with Crippen molar-refractivity contribution in [2.45, 2.75) is 76.5 Å². The van der Waals surface area contributed by atoms with Gasteiger partial charge < -0.3 is 71.5 Å². The quantitative estimate of drug-likeness (QED) is 0.0883. The summed E-state index contributed by atoms with van der Waals surface area (Å²) in [6, 6.07) is 0. The fraction of sp³-hybridized carbons (Fsp3) is 0.565. The van der Waals surface area contributed by atoms with Crippen LogP contribution in [-0.4, -0.2) is 155 Å². The van der Waals surface area contributed by atoms with E-state index < -0.39 is 83.9 Å². The van der Waals surface area contributed by atoms with Crippen LogP contribution in [0.15, 0.2) is 12.7 Å². The van der Waals surface area contributed by atoms with Crippen molar-refractivity contribution in [3.63, 3.8) is 0 Å². The van der Waals surface area contributed by atoms with Crippen LogP contribution in [0.5, 0.6) is 0 Å². The fourth-order valence-corrected chi connectivity index (χ4v) is 0.608. The summed E-state index contributed by atoms with van der Waals surface area (Å²) in [5.41, 5.74) is -2.92. The van der Waals surface area contributed by atoms with Crippen LogP contribution in [0.3, 0.4) is 0 Å². The molecule has 22 nitrogen and oxygen atoms in total. The van der Waals surface area contributed by atoms with Crippen LogP contribution in [-0.2, 0) is 38.4 Å². The van der Waals surface area contributed by atoms with E-state index in [0.717, 1.165) is 6.08 Å². The van der Waals surface area contributed by atoms with E-state index >= 15 is 0 Å². The molecule has 0 aliphatic heterocycles. The molecule has 45 heavy (non-hydrogen) atoms. The second-order valence-electron chi connectivity index (χ2n) is 8.16. The average Bonchev–Trinajstić information content (AvgIpc) is 3.67. The van der Waals surface area contributed by atoms with Crippen molar-refractivity contribution in [2.75, 3.05) is 6.61 Å². The van der Waals surface area contributed by atoms with E-state index in [0.29, 0.717) is 12.8 Å². The zero-order valence-electron chi connectivity index (χ0n) is 24.4. The Bertz CT molecular complexity index is 916. The Hall–Kier alpha value is -4.74. The van der Waals surface area contributed by atoms with Gasteiger partial charge in [0.1, 0.15) is 12.7 Å². The predicted octanol–water partition coefficient (Wildman–Crippen LogP) is -3.43. The molecule has 14 N–H and O–H groups in total. The Labute approximate surface area is 254 Å². The van der Waals surface area contributed by atoms with E-state index in [9.17, 15) is 24.0 Å². The first-order chi connectivity index (χ1) is 20.0. The Morgan fingerprint density at radius 1 is 0.778 bits per heavy atom. The molecule has 0 aromatic rings. The maximum absolute atomic E-state index is 9.83. The third-order valence-corrected chi connectivity index (χ3v) is 3.47. The Morgan fingerprint density at radius 2 is 1.07 bits per heavy atom. The highest BCUT2D eigenvalue weighted by atomic mass is 16.4. The van der Waals surface area contributed by atoms with Gasteiger partial charge in [-0.1, -0.05) is 19.6 Å². The summed E-state index contributed by atoms with van der Waals surface area (Å²) in [5.74, 6) is -10.7. The number of rotatable bonds is 8. The summed E-state index contributed by atoms with van der Waals surface area (Å²) in [6.07, 6.45) is -1.77. The predicted molar refractivity (Wildman–Crippen MR) is 143 cm³/mol. The smallest absolute Gasteiger partial charge is 0.414 e. The zero-order valence-corrected chi connectivity index (χ0v) is 24.4. The number of aliphatic carboxylic acids is 8. The highest BCUT2D eigenvalue weighted by molar-refractivity contribution is 6.27. The van der Waals surface area contributed by atoms with Crippen LogP contribution in [0.1, 0.15) is 47.0 Å². The van der Waals surface area contributed by atoms with Crippen LogP contribution in [0.2, 0.25) is 0 Å². The lowest BCUT2D eigenvalue weighted by molar-refractivity contribution is -0.159. The number of aliphatic hydroxyl groups is 6. The van der Waals surface area contributed by atoms with Gasteiger partial charge in [0.05, 0.1) is 0 Å². The number of aliphatic hydroxyl groups excluding tert-OH is 4. The largest absolute Gasteiger partial charge is 0.480 e. The molecule has 264 valence electrons. The Balaban J connectivity index is -0.0000000989. The number of hydrogen-bond acceptors (Lipinski definition) is 14. The molecule has 0 heterocycles. The third kappa shape index (κ3) is 46.4. The summed E-state index contributed by atoms with van der Waals surface area (Å²) in [6.45, 7) is 7.52. The fourth-order valence-electron chi connectivity index (χ4n) is 0.608. The van der Waals surface area contributed by atoms with Crippen LogP contribution in [0, 0.1) is 0 Å². The first-order valence-corrected chi connectivity index (χ1v) is 11.6. The van der Waals surface area contributed by atoms with Gasteiger partial charge in [0.2, 0.25) is 0 Å². The minimum absolute atomic E-state index is 0.273. The number of carboxylic acids is 8. The lowest BCUT2D eigenvalue weighted by Gasteiger charge is -2.07. The zero-order chi connectivity index (χ0) is 37.9. The third-order valence-electron chi connectivity index (χ3n) is 3.47. The van der Waals surface area contributed by atoms with Crippen LogP contribution >= 0.6 is 0 Å². The summed E-state index contributed by atoms with van der Waals surface area (Å²) in [4.78, 5) is 75.7. The summed E-state index contributed by atoms with van der Waals surface area (Å²) < 4.78 is 0. The van der Waals surface area contributed by atoms with Gasteiger partial charge >= 0.3 is 47.8 Å². The van der Waals surface area contributed by atoms with E-state index in [1.807, 2.05) is 0 Å². The molecule has 1 fully saturated rings. The molecule has 0 spiro atoms. The molecule has 1 aliphatic carbocycles. The van der Waals surface area contributed by atoms with Gasteiger partial charge in [-0.25, -0.2) is 38.4 Å². The molecule has 3 atom stereocenters. The van der Waals surface area contributed by atoms with Crippen LogP contribution in [0.4, 0.5) is 0 Å². The Kier molecular flexibility index (Phi) is 33.0. The second kappa shape index (κ2) is 28.1. The molecule has 1 rings (SSSR count). The lowest BCUT2D eigenvalue weighted by Crippen LogP contribution is -2.30. The normalized spacial score (nSPS) is 13.2. The van der Waals surface area contributed by atoms with Gasteiger partial charge in [0.15, 0.2) is 23.4 Å². The van der Waals surface area contributed by atoms with Crippen molar-refractivity contribution in [3.8, 4) is 0 Å². The molecule has 0 aromatic heterocycles. The highest BCUT2D eigenvalue weighted by Gasteiger charge is 2.48. The second-order valence-corrected chi connectivity index (χ2v) is 8.16. The first kappa shape index (κ1) is 52.9. The van der Waals surface area contributed by atoms with Crippen molar-refractivity contribution in [1.82, 2.24) is 0 Å². The molecule has 22 heteroatoms. The first-order valence-electron chi connectivity index (χ1n) is 11.6. The van der Waals surface area contributed by atoms with E-state index in [-0.39, 0.29) is 6.42 Å². The molecule has 0 aromatic carbocycles. The monoisotopic (exact) mass is 668 g/mol. The van der Waals surface area contributed by atoms with Gasteiger partial charge in [0, 0.05) is 0 Å².